The minimum Gasteiger partial charge on any atom is -0.207 e. The van der Waals surface area contributed by atoms with Crippen molar-refractivity contribution in [2.75, 3.05) is 5.33 Å². The lowest BCUT2D eigenvalue weighted by atomic mass is 9.60. The van der Waals surface area contributed by atoms with Crippen LogP contribution < -0.4 is 0 Å². The average Bonchev–Trinajstić information content (AvgIpc) is 1.97. The molecule has 0 aromatic heterocycles. The number of hydrogen-bond acceptors (Lipinski definition) is 0. The van der Waals surface area contributed by atoms with E-state index in [-0.39, 0.29) is 18.3 Å². The third kappa shape index (κ3) is 1.66. The molecule has 0 heterocycles. The van der Waals surface area contributed by atoms with Crippen LogP contribution in [0, 0.1) is 11.3 Å². The topological polar surface area (TPSA) is 0 Å². The van der Waals surface area contributed by atoms with Gasteiger partial charge < -0.3 is 0 Å². The molecule has 12 heavy (non-hydrogen) atoms. The molecule has 0 amide bonds. The maximum Gasteiger partial charge on any atom is 0.249 e. The molecule has 1 atom stereocenters. The Kier molecular flexibility index (Phi) is 2.81. The van der Waals surface area contributed by atoms with Gasteiger partial charge in [0.15, 0.2) is 0 Å². The quantitative estimate of drug-likeness (QED) is 0.658. The summed E-state index contributed by atoms with van der Waals surface area (Å²) in [5, 5.41) is 0.713. The van der Waals surface area contributed by atoms with Crippen molar-refractivity contribution < 1.29 is 8.78 Å². The molecule has 0 saturated heterocycles. The second-order valence-electron chi connectivity index (χ2n) is 4.01. The van der Waals surface area contributed by atoms with Crippen molar-refractivity contribution in [1.82, 2.24) is 0 Å². The van der Waals surface area contributed by atoms with Crippen molar-refractivity contribution >= 4 is 15.9 Å². The molecule has 0 aromatic rings. The van der Waals surface area contributed by atoms with Gasteiger partial charge in [0, 0.05) is 18.2 Å². The fourth-order valence-corrected chi connectivity index (χ4v) is 2.94. The maximum absolute atomic E-state index is 12.7. The van der Waals surface area contributed by atoms with Gasteiger partial charge in [-0.2, -0.15) is 0 Å². The van der Waals surface area contributed by atoms with Gasteiger partial charge in [0.25, 0.3) is 0 Å². The molecule has 1 fully saturated rings. The lowest BCUT2D eigenvalue weighted by molar-refractivity contribution is -0.170. The van der Waals surface area contributed by atoms with Gasteiger partial charge in [-0.1, -0.05) is 36.2 Å². The van der Waals surface area contributed by atoms with Crippen molar-refractivity contribution in [3.05, 3.63) is 0 Å². The third-order valence-electron chi connectivity index (χ3n) is 3.15. The Morgan fingerprint density at radius 2 is 1.92 bits per heavy atom. The minimum atomic E-state index is -2.39. The van der Waals surface area contributed by atoms with Crippen molar-refractivity contribution in [3.8, 4) is 0 Å². The first kappa shape index (κ1) is 10.4. The lowest BCUT2D eigenvalue weighted by Crippen LogP contribution is -2.50. The van der Waals surface area contributed by atoms with E-state index in [9.17, 15) is 8.78 Å². The first-order valence-corrected chi connectivity index (χ1v) is 5.52. The van der Waals surface area contributed by atoms with Crippen molar-refractivity contribution in [3.63, 3.8) is 0 Å². The molecule has 72 valence electrons. The first-order chi connectivity index (χ1) is 5.46. The highest BCUT2D eigenvalue weighted by molar-refractivity contribution is 9.09. The van der Waals surface area contributed by atoms with Crippen LogP contribution in [0.25, 0.3) is 0 Å². The molecule has 0 aliphatic heterocycles. The van der Waals surface area contributed by atoms with E-state index >= 15 is 0 Å². The molecular formula is C9H15BrF2. The number of rotatable bonds is 3. The van der Waals surface area contributed by atoms with Crippen LogP contribution >= 0.6 is 15.9 Å². The number of halogens is 3. The van der Waals surface area contributed by atoms with Crippen LogP contribution in [0.3, 0.4) is 0 Å². The Balaban J connectivity index is 2.58. The predicted molar refractivity (Wildman–Crippen MR) is 49.9 cm³/mol. The molecule has 3 heteroatoms. The summed E-state index contributed by atoms with van der Waals surface area (Å²) in [6.45, 7) is 4.13. The van der Waals surface area contributed by atoms with Crippen LogP contribution in [-0.2, 0) is 0 Å². The zero-order valence-electron chi connectivity index (χ0n) is 7.54. The Labute approximate surface area is 80.9 Å². The van der Waals surface area contributed by atoms with E-state index < -0.39 is 5.92 Å². The predicted octanol–water partition coefficient (Wildman–Crippen LogP) is 3.84. The molecule has 1 unspecified atom stereocenters. The lowest BCUT2D eigenvalue weighted by Gasteiger charge is -2.50. The fraction of sp³-hybridized carbons (Fsp3) is 1.00. The summed E-state index contributed by atoms with van der Waals surface area (Å²) < 4.78 is 25.4. The smallest absolute Gasteiger partial charge is 0.207 e. The molecule has 0 radical (unpaired) electrons. The van der Waals surface area contributed by atoms with Crippen molar-refractivity contribution in [1.29, 1.82) is 0 Å². The zero-order valence-corrected chi connectivity index (χ0v) is 9.13. The van der Waals surface area contributed by atoms with Gasteiger partial charge in [-0.05, 0) is 11.3 Å². The van der Waals surface area contributed by atoms with Crippen molar-refractivity contribution in [2.24, 2.45) is 11.3 Å². The Morgan fingerprint density at radius 3 is 2.17 bits per heavy atom. The summed E-state index contributed by atoms with van der Waals surface area (Å²) in [4.78, 5) is 0. The van der Waals surface area contributed by atoms with E-state index in [1.54, 1.807) is 0 Å². The van der Waals surface area contributed by atoms with Gasteiger partial charge in [0.2, 0.25) is 5.92 Å². The van der Waals surface area contributed by atoms with E-state index in [0.717, 1.165) is 6.42 Å². The average molecular weight is 241 g/mol. The summed E-state index contributed by atoms with van der Waals surface area (Å²) >= 11 is 3.34. The summed E-state index contributed by atoms with van der Waals surface area (Å²) in [5.41, 5.74) is -0.127. The van der Waals surface area contributed by atoms with Crippen LogP contribution in [0.1, 0.15) is 33.1 Å². The highest BCUT2D eigenvalue weighted by Crippen LogP contribution is 2.57. The fourth-order valence-electron chi connectivity index (χ4n) is 1.99. The molecule has 1 rings (SSSR count). The summed E-state index contributed by atoms with van der Waals surface area (Å²) in [6, 6.07) is 0. The molecule has 1 aliphatic carbocycles. The number of alkyl halides is 3. The molecule has 1 saturated carbocycles. The molecule has 0 spiro atoms. The van der Waals surface area contributed by atoms with Gasteiger partial charge in [0.05, 0.1) is 0 Å². The van der Waals surface area contributed by atoms with E-state index in [4.69, 9.17) is 0 Å². The molecule has 0 N–H and O–H groups in total. The van der Waals surface area contributed by atoms with E-state index in [0.29, 0.717) is 11.2 Å². The van der Waals surface area contributed by atoms with Crippen molar-refractivity contribution in [2.45, 2.75) is 39.0 Å². The van der Waals surface area contributed by atoms with Gasteiger partial charge in [-0.15, -0.1) is 0 Å². The molecule has 0 aromatic carbocycles. The molecule has 0 bridgehead atoms. The maximum atomic E-state index is 12.7. The standard InChI is InChI=1S/C9H15BrF2/c1-3-7(2)8(6-10)4-9(11,12)5-8/h7H,3-6H2,1-2H3. The zero-order chi connectivity index (χ0) is 9.41. The molecule has 0 nitrogen and oxygen atoms in total. The van der Waals surface area contributed by atoms with Crippen LogP contribution in [0.5, 0.6) is 0 Å². The monoisotopic (exact) mass is 240 g/mol. The van der Waals surface area contributed by atoms with Gasteiger partial charge >= 0.3 is 0 Å². The van der Waals surface area contributed by atoms with Gasteiger partial charge in [0.1, 0.15) is 0 Å². The Bertz CT molecular complexity index is 160. The number of hydrogen-bond donors (Lipinski definition) is 0. The van der Waals surface area contributed by atoms with Crippen LogP contribution in [0.15, 0.2) is 0 Å². The van der Waals surface area contributed by atoms with E-state index in [2.05, 4.69) is 29.8 Å². The summed E-state index contributed by atoms with van der Waals surface area (Å²) in [7, 11) is 0. The largest absolute Gasteiger partial charge is 0.249 e. The Morgan fingerprint density at radius 1 is 1.42 bits per heavy atom. The summed E-state index contributed by atoms with van der Waals surface area (Å²) in [6.07, 6.45) is 1.13. The summed E-state index contributed by atoms with van der Waals surface area (Å²) in [5.74, 6) is -1.99. The van der Waals surface area contributed by atoms with Gasteiger partial charge in [-0.25, -0.2) is 8.78 Å². The van der Waals surface area contributed by atoms with Gasteiger partial charge in [-0.3, -0.25) is 0 Å². The highest BCUT2D eigenvalue weighted by atomic mass is 79.9. The van der Waals surface area contributed by atoms with Crippen LogP contribution in [-0.4, -0.2) is 11.3 Å². The highest BCUT2D eigenvalue weighted by Gasteiger charge is 2.57. The van der Waals surface area contributed by atoms with Crippen LogP contribution in [0.2, 0.25) is 0 Å². The molecular weight excluding hydrogens is 226 g/mol. The second kappa shape index (κ2) is 3.24. The first-order valence-electron chi connectivity index (χ1n) is 4.39. The van der Waals surface area contributed by atoms with Crippen LogP contribution in [0.4, 0.5) is 8.78 Å². The van der Waals surface area contributed by atoms with E-state index in [1.165, 1.54) is 0 Å². The van der Waals surface area contributed by atoms with E-state index in [1.807, 2.05) is 0 Å². The minimum absolute atomic E-state index is 0.0697. The SMILES string of the molecule is CCC(C)C1(CBr)CC(F)(F)C1. The Hall–Kier alpha value is 0.340. The normalized spacial score (nSPS) is 27.8. The molecule has 1 aliphatic rings. The second-order valence-corrected chi connectivity index (χ2v) is 4.58. The third-order valence-corrected chi connectivity index (χ3v) is 4.26.